The minimum atomic E-state index is 0.185. The van der Waals surface area contributed by atoms with Gasteiger partial charge in [0.25, 0.3) is 0 Å². The lowest BCUT2D eigenvalue weighted by Crippen LogP contribution is -2.21. The maximum Gasteiger partial charge on any atom is 0.0967 e. The van der Waals surface area contributed by atoms with Crippen LogP contribution in [0.25, 0.3) is 11.3 Å². The van der Waals surface area contributed by atoms with Crippen molar-refractivity contribution in [3.05, 3.63) is 41.6 Å². The lowest BCUT2D eigenvalue weighted by Gasteiger charge is -2.19. The van der Waals surface area contributed by atoms with Gasteiger partial charge in [0, 0.05) is 37.0 Å². The Morgan fingerprint density at radius 2 is 1.76 bits per heavy atom. The Morgan fingerprint density at radius 1 is 1.14 bits per heavy atom. The first-order valence-corrected chi connectivity index (χ1v) is 7.64. The molecule has 2 rings (SSSR count). The fourth-order valence-corrected chi connectivity index (χ4v) is 2.35. The van der Waals surface area contributed by atoms with Crippen LogP contribution in [0.5, 0.6) is 0 Å². The molecule has 114 valence electrons. The summed E-state index contributed by atoms with van der Waals surface area (Å²) in [4.78, 5) is 0. The van der Waals surface area contributed by atoms with Crippen LogP contribution in [0, 0.1) is 0 Å². The predicted molar refractivity (Wildman–Crippen MR) is 89.3 cm³/mol. The van der Waals surface area contributed by atoms with E-state index in [1.54, 1.807) is 0 Å². The Kier molecular flexibility index (Phi) is 4.52. The molecule has 0 aliphatic heterocycles. The highest BCUT2D eigenvalue weighted by atomic mass is 15.3. The summed E-state index contributed by atoms with van der Waals surface area (Å²) < 4.78 is 1.89. The van der Waals surface area contributed by atoms with Gasteiger partial charge in [-0.3, -0.25) is 4.68 Å². The Morgan fingerprint density at radius 3 is 2.29 bits per heavy atom. The molecule has 0 amide bonds. The summed E-state index contributed by atoms with van der Waals surface area (Å²) >= 11 is 0. The van der Waals surface area contributed by atoms with Crippen LogP contribution in [0.4, 0.5) is 0 Å². The minimum absolute atomic E-state index is 0.185. The molecule has 3 heteroatoms. The van der Waals surface area contributed by atoms with Gasteiger partial charge in [-0.15, -0.1) is 0 Å². The van der Waals surface area contributed by atoms with Crippen LogP contribution >= 0.6 is 0 Å². The van der Waals surface area contributed by atoms with Crippen molar-refractivity contribution in [1.29, 1.82) is 0 Å². The van der Waals surface area contributed by atoms with Crippen molar-refractivity contribution in [3.8, 4) is 11.3 Å². The molecule has 1 heterocycles. The molecule has 0 fully saturated rings. The molecule has 0 bridgehead atoms. The van der Waals surface area contributed by atoms with Gasteiger partial charge >= 0.3 is 0 Å². The second-order valence-corrected chi connectivity index (χ2v) is 7.04. The summed E-state index contributed by atoms with van der Waals surface area (Å²) in [6.07, 6.45) is 2.10. The summed E-state index contributed by atoms with van der Waals surface area (Å²) in [5.74, 6) is 0. The highest BCUT2D eigenvalue weighted by Gasteiger charge is 2.15. The van der Waals surface area contributed by atoms with Crippen LogP contribution in [0.2, 0.25) is 0 Å². The largest absolute Gasteiger partial charge is 0.310 e. The Hall–Kier alpha value is -1.61. The lowest BCUT2D eigenvalue weighted by atomic mass is 9.86. The van der Waals surface area contributed by atoms with E-state index in [1.807, 2.05) is 11.7 Å². The molecule has 0 saturated heterocycles. The molecule has 1 aromatic heterocycles. The minimum Gasteiger partial charge on any atom is -0.310 e. The van der Waals surface area contributed by atoms with Crippen molar-refractivity contribution < 1.29 is 0 Å². The van der Waals surface area contributed by atoms with Crippen molar-refractivity contribution >= 4 is 0 Å². The number of rotatable bonds is 4. The zero-order valence-electron chi connectivity index (χ0n) is 14.1. The third-order valence-corrected chi connectivity index (χ3v) is 3.63. The van der Waals surface area contributed by atoms with E-state index in [0.29, 0.717) is 6.04 Å². The smallest absolute Gasteiger partial charge is 0.0967 e. The first kappa shape index (κ1) is 15.8. The number of hydrogen-bond donors (Lipinski definition) is 1. The molecule has 0 radical (unpaired) electrons. The number of nitrogens with one attached hydrogen (secondary N) is 1. The molecule has 0 spiro atoms. The van der Waals surface area contributed by atoms with E-state index in [2.05, 4.69) is 75.5 Å². The normalized spacial score (nSPS) is 12.1. The van der Waals surface area contributed by atoms with E-state index in [-0.39, 0.29) is 5.41 Å². The SMILES string of the molecule is CC(C)NCc1cn(C)nc1-c1ccc(C(C)(C)C)cc1. The number of nitrogens with zero attached hydrogens (tertiary/aromatic N) is 2. The van der Waals surface area contributed by atoms with Crippen molar-refractivity contribution in [2.75, 3.05) is 0 Å². The predicted octanol–water partition coefficient (Wildman–Crippen LogP) is 3.88. The van der Waals surface area contributed by atoms with Crippen LogP contribution < -0.4 is 5.32 Å². The third kappa shape index (κ3) is 3.94. The van der Waals surface area contributed by atoms with Crippen molar-refractivity contribution in [2.24, 2.45) is 7.05 Å². The van der Waals surface area contributed by atoms with E-state index >= 15 is 0 Å². The highest BCUT2D eigenvalue weighted by molar-refractivity contribution is 5.63. The van der Waals surface area contributed by atoms with Crippen LogP contribution in [0.15, 0.2) is 30.5 Å². The maximum absolute atomic E-state index is 4.63. The van der Waals surface area contributed by atoms with Crippen LogP contribution in [0.3, 0.4) is 0 Å². The van der Waals surface area contributed by atoms with Crippen molar-refractivity contribution in [1.82, 2.24) is 15.1 Å². The van der Waals surface area contributed by atoms with E-state index < -0.39 is 0 Å². The molecule has 1 aromatic carbocycles. The molecule has 0 aliphatic carbocycles. The van der Waals surface area contributed by atoms with Crippen LogP contribution in [-0.2, 0) is 19.0 Å². The van der Waals surface area contributed by atoms with Crippen LogP contribution in [-0.4, -0.2) is 15.8 Å². The average Bonchev–Trinajstić information content (AvgIpc) is 2.77. The van der Waals surface area contributed by atoms with Gasteiger partial charge in [0.2, 0.25) is 0 Å². The molecule has 21 heavy (non-hydrogen) atoms. The van der Waals surface area contributed by atoms with Gasteiger partial charge in [0.1, 0.15) is 0 Å². The summed E-state index contributed by atoms with van der Waals surface area (Å²) in [6.45, 7) is 11.9. The van der Waals surface area contributed by atoms with Gasteiger partial charge in [-0.25, -0.2) is 0 Å². The van der Waals surface area contributed by atoms with Crippen molar-refractivity contribution in [2.45, 2.75) is 52.6 Å². The second-order valence-electron chi connectivity index (χ2n) is 7.04. The maximum atomic E-state index is 4.63. The van der Waals surface area contributed by atoms with Crippen LogP contribution in [0.1, 0.15) is 45.7 Å². The molecular formula is C18H27N3. The number of aryl methyl sites for hydroxylation is 1. The number of aromatic nitrogens is 2. The highest BCUT2D eigenvalue weighted by Crippen LogP contribution is 2.27. The first-order valence-electron chi connectivity index (χ1n) is 7.64. The molecule has 0 atom stereocenters. The standard InChI is InChI=1S/C18H27N3/c1-13(2)19-11-15-12-21(6)20-17(15)14-7-9-16(10-8-14)18(3,4)5/h7-10,12-13,19H,11H2,1-6H3. The quantitative estimate of drug-likeness (QED) is 0.924. The molecule has 0 unspecified atom stereocenters. The monoisotopic (exact) mass is 285 g/mol. The average molecular weight is 285 g/mol. The van der Waals surface area contributed by atoms with Gasteiger partial charge in [-0.2, -0.15) is 5.10 Å². The van der Waals surface area contributed by atoms with Gasteiger partial charge in [-0.1, -0.05) is 58.9 Å². The molecule has 2 aromatic rings. The summed E-state index contributed by atoms with van der Waals surface area (Å²) in [5.41, 5.74) is 5.04. The first-order chi connectivity index (χ1) is 9.77. The fourth-order valence-electron chi connectivity index (χ4n) is 2.35. The fraction of sp³-hybridized carbons (Fsp3) is 0.500. The number of benzene rings is 1. The lowest BCUT2D eigenvalue weighted by molar-refractivity contribution is 0.588. The molecule has 0 saturated carbocycles. The van der Waals surface area contributed by atoms with Gasteiger partial charge in [0.05, 0.1) is 5.69 Å². The second kappa shape index (κ2) is 6.02. The Labute approximate surface area is 128 Å². The Bertz CT molecular complexity index is 586. The summed E-state index contributed by atoms with van der Waals surface area (Å²) in [5, 5.41) is 8.09. The molecular weight excluding hydrogens is 258 g/mol. The van der Waals surface area contributed by atoms with E-state index in [4.69, 9.17) is 0 Å². The Balaban J connectivity index is 2.29. The topological polar surface area (TPSA) is 29.9 Å². The zero-order chi connectivity index (χ0) is 15.6. The zero-order valence-corrected chi connectivity index (χ0v) is 14.1. The van der Waals surface area contributed by atoms with Crippen molar-refractivity contribution in [3.63, 3.8) is 0 Å². The molecule has 3 nitrogen and oxygen atoms in total. The summed E-state index contributed by atoms with van der Waals surface area (Å²) in [6, 6.07) is 9.26. The number of hydrogen-bond acceptors (Lipinski definition) is 2. The van der Waals surface area contributed by atoms with Gasteiger partial charge < -0.3 is 5.32 Å². The van der Waals surface area contributed by atoms with E-state index in [0.717, 1.165) is 12.2 Å². The van der Waals surface area contributed by atoms with E-state index in [1.165, 1.54) is 16.7 Å². The van der Waals surface area contributed by atoms with Gasteiger partial charge in [0.15, 0.2) is 0 Å². The molecule has 1 N–H and O–H groups in total. The summed E-state index contributed by atoms with van der Waals surface area (Å²) in [7, 11) is 1.98. The third-order valence-electron chi connectivity index (χ3n) is 3.63. The molecule has 0 aliphatic rings. The van der Waals surface area contributed by atoms with E-state index in [9.17, 15) is 0 Å². The van der Waals surface area contributed by atoms with Gasteiger partial charge in [-0.05, 0) is 11.0 Å².